The van der Waals surface area contributed by atoms with E-state index in [1.165, 1.54) is 0 Å². The Morgan fingerprint density at radius 3 is 2.55 bits per heavy atom. The third-order valence-corrected chi connectivity index (χ3v) is 3.52. The molecule has 0 aliphatic carbocycles. The van der Waals surface area contributed by atoms with Crippen LogP contribution in [0.3, 0.4) is 0 Å². The topological polar surface area (TPSA) is 29.1 Å². The van der Waals surface area contributed by atoms with Gasteiger partial charge in [0.05, 0.1) is 5.92 Å². The van der Waals surface area contributed by atoms with Crippen LogP contribution in [-0.2, 0) is 11.3 Å². The van der Waals surface area contributed by atoms with Crippen molar-refractivity contribution in [1.82, 2.24) is 5.32 Å². The number of benzene rings is 2. The molecule has 0 saturated heterocycles. The monoisotopic (exact) mass is 287 g/mol. The zero-order valence-electron chi connectivity index (χ0n) is 11.5. The normalized spacial score (nSPS) is 11.9. The van der Waals surface area contributed by atoms with Crippen molar-refractivity contribution in [3.63, 3.8) is 0 Å². The number of halogens is 1. The average molecular weight is 288 g/mol. The molecule has 1 amide bonds. The molecule has 2 aromatic rings. The molecule has 0 fully saturated rings. The lowest BCUT2D eigenvalue weighted by atomic mass is 9.95. The molecule has 1 unspecified atom stereocenters. The van der Waals surface area contributed by atoms with E-state index in [9.17, 15) is 4.79 Å². The maximum absolute atomic E-state index is 12.3. The number of rotatable bonds is 5. The van der Waals surface area contributed by atoms with Crippen LogP contribution < -0.4 is 5.32 Å². The Morgan fingerprint density at radius 1 is 1.15 bits per heavy atom. The Labute approximate surface area is 124 Å². The van der Waals surface area contributed by atoms with Crippen molar-refractivity contribution in [2.75, 3.05) is 0 Å². The molecule has 0 radical (unpaired) electrons. The van der Waals surface area contributed by atoms with Gasteiger partial charge < -0.3 is 5.32 Å². The molecule has 20 heavy (non-hydrogen) atoms. The molecule has 0 bridgehead atoms. The van der Waals surface area contributed by atoms with Gasteiger partial charge in [0.1, 0.15) is 0 Å². The molecule has 1 atom stereocenters. The first-order valence-electron chi connectivity index (χ1n) is 6.77. The van der Waals surface area contributed by atoms with E-state index < -0.39 is 0 Å². The van der Waals surface area contributed by atoms with Gasteiger partial charge in [0.2, 0.25) is 5.91 Å². The van der Waals surface area contributed by atoms with Gasteiger partial charge in [-0.25, -0.2) is 0 Å². The summed E-state index contributed by atoms with van der Waals surface area (Å²) in [7, 11) is 0. The molecule has 0 aliphatic heterocycles. The van der Waals surface area contributed by atoms with E-state index in [0.717, 1.165) is 17.5 Å². The second-order valence-electron chi connectivity index (χ2n) is 4.72. The van der Waals surface area contributed by atoms with Gasteiger partial charge in [-0.05, 0) is 29.7 Å². The van der Waals surface area contributed by atoms with Gasteiger partial charge in [-0.2, -0.15) is 0 Å². The molecule has 0 aliphatic rings. The first kappa shape index (κ1) is 14.6. The third kappa shape index (κ3) is 3.84. The molecule has 0 aromatic heterocycles. The molecule has 2 aromatic carbocycles. The van der Waals surface area contributed by atoms with Gasteiger partial charge in [0, 0.05) is 11.6 Å². The molecule has 0 heterocycles. The van der Waals surface area contributed by atoms with Gasteiger partial charge >= 0.3 is 0 Å². The number of nitrogens with one attached hydrogen (secondary N) is 1. The number of amides is 1. The van der Waals surface area contributed by atoms with Crippen LogP contribution in [-0.4, -0.2) is 5.91 Å². The van der Waals surface area contributed by atoms with E-state index in [4.69, 9.17) is 11.6 Å². The minimum Gasteiger partial charge on any atom is -0.351 e. The van der Waals surface area contributed by atoms with Crippen molar-refractivity contribution >= 4 is 17.5 Å². The summed E-state index contributed by atoms with van der Waals surface area (Å²) in [6, 6.07) is 17.4. The fraction of sp³-hybridized carbons (Fsp3) is 0.235. The maximum atomic E-state index is 12.3. The van der Waals surface area contributed by atoms with Crippen LogP contribution in [0.25, 0.3) is 0 Å². The van der Waals surface area contributed by atoms with Gasteiger partial charge in [-0.1, -0.05) is 61.0 Å². The molecule has 1 N–H and O–H groups in total. The first-order chi connectivity index (χ1) is 9.70. The summed E-state index contributed by atoms with van der Waals surface area (Å²) >= 11 is 5.93. The Bertz CT molecular complexity index is 568. The van der Waals surface area contributed by atoms with E-state index in [2.05, 4.69) is 5.32 Å². The van der Waals surface area contributed by atoms with Crippen molar-refractivity contribution < 1.29 is 4.79 Å². The lowest BCUT2D eigenvalue weighted by Gasteiger charge is -2.15. The lowest BCUT2D eigenvalue weighted by Crippen LogP contribution is -2.28. The van der Waals surface area contributed by atoms with Crippen molar-refractivity contribution in [3.05, 3.63) is 70.7 Å². The second-order valence-corrected chi connectivity index (χ2v) is 5.16. The molecule has 2 nitrogen and oxygen atoms in total. The molecule has 2 rings (SSSR count). The van der Waals surface area contributed by atoms with Crippen LogP contribution >= 0.6 is 11.6 Å². The highest BCUT2D eigenvalue weighted by molar-refractivity contribution is 6.30. The van der Waals surface area contributed by atoms with Crippen molar-refractivity contribution in [1.29, 1.82) is 0 Å². The van der Waals surface area contributed by atoms with Crippen LogP contribution in [0.15, 0.2) is 54.6 Å². The fourth-order valence-electron chi connectivity index (χ4n) is 2.22. The standard InChI is InChI=1S/C17H18ClNO/c1-2-16(14-8-4-3-5-9-14)17(20)19-12-13-7-6-10-15(18)11-13/h3-11,16H,2,12H2,1H3,(H,19,20). The minimum atomic E-state index is -0.101. The van der Waals surface area contributed by atoms with Crippen molar-refractivity contribution in [2.24, 2.45) is 0 Å². The van der Waals surface area contributed by atoms with E-state index in [-0.39, 0.29) is 11.8 Å². The molecule has 3 heteroatoms. The van der Waals surface area contributed by atoms with Crippen LogP contribution in [0.4, 0.5) is 0 Å². The highest BCUT2D eigenvalue weighted by Gasteiger charge is 2.17. The molecule has 104 valence electrons. The molecule has 0 saturated carbocycles. The summed E-state index contributed by atoms with van der Waals surface area (Å²) in [6.45, 7) is 2.53. The first-order valence-corrected chi connectivity index (χ1v) is 7.15. The smallest absolute Gasteiger partial charge is 0.227 e. The third-order valence-electron chi connectivity index (χ3n) is 3.28. The van der Waals surface area contributed by atoms with Gasteiger partial charge in [0.15, 0.2) is 0 Å². The summed E-state index contributed by atoms with van der Waals surface area (Å²) < 4.78 is 0. The summed E-state index contributed by atoms with van der Waals surface area (Å²) in [6.07, 6.45) is 0.783. The Balaban J connectivity index is 2.00. The second kappa shape index (κ2) is 7.11. The van der Waals surface area contributed by atoms with Crippen LogP contribution in [0.2, 0.25) is 5.02 Å². The SMILES string of the molecule is CCC(C(=O)NCc1cccc(Cl)c1)c1ccccc1. The highest BCUT2D eigenvalue weighted by atomic mass is 35.5. The number of hydrogen-bond acceptors (Lipinski definition) is 1. The van der Waals surface area contributed by atoms with Crippen LogP contribution in [0, 0.1) is 0 Å². The number of carbonyl (C=O) groups excluding carboxylic acids is 1. The van der Waals surface area contributed by atoms with E-state index in [0.29, 0.717) is 11.6 Å². The van der Waals surface area contributed by atoms with Gasteiger partial charge in [0.25, 0.3) is 0 Å². The predicted molar refractivity (Wildman–Crippen MR) is 82.8 cm³/mol. The summed E-state index contributed by atoms with van der Waals surface area (Å²) in [4.78, 5) is 12.3. The summed E-state index contributed by atoms with van der Waals surface area (Å²) in [5, 5.41) is 3.66. The lowest BCUT2D eigenvalue weighted by molar-refractivity contribution is -0.122. The molecular formula is C17H18ClNO. The average Bonchev–Trinajstić information content (AvgIpc) is 2.47. The molecular weight excluding hydrogens is 270 g/mol. The number of carbonyl (C=O) groups is 1. The van der Waals surface area contributed by atoms with Crippen LogP contribution in [0.5, 0.6) is 0 Å². The zero-order chi connectivity index (χ0) is 14.4. The van der Waals surface area contributed by atoms with Crippen LogP contribution in [0.1, 0.15) is 30.4 Å². The fourth-order valence-corrected chi connectivity index (χ4v) is 2.43. The van der Waals surface area contributed by atoms with E-state index in [1.54, 1.807) is 0 Å². The molecule has 0 spiro atoms. The summed E-state index contributed by atoms with van der Waals surface area (Å²) in [5.41, 5.74) is 2.06. The van der Waals surface area contributed by atoms with Gasteiger partial charge in [-0.15, -0.1) is 0 Å². The largest absolute Gasteiger partial charge is 0.351 e. The van der Waals surface area contributed by atoms with E-state index in [1.807, 2.05) is 61.5 Å². The minimum absolute atomic E-state index is 0.0543. The Kier molecular flexibility index (Phi) is 5.19. The highest BCUT2D eigenvalue weighted by Crippen LogP contribution is 2.19. The van der Waals surface area contributed by atoms with E-state index >= 15 is 0 Å². The quantitative estimate of drug-likeness (QED) is 0.879. The number of hydrogen-bond donors (Lipinski definition) is 1. The Morgan fingerprint density at radius 2 is 1.90 bits per heavy atom. The maximum Gasteiger partial charge on any atom is 0.227 e. The predicted octanol–water partition coefficient (Wildman–Crippen LogP) is 4.15. The summed E-state index contributed by atoms with van der Waals surface area (Å²) in [5.74, 6) is -0.0472. The van der Waals surface area contributed by atoms with Crippen molar-refractivity contribution in [2.45, 2.75) is 25.8 Å². The van der Waals surface area contributed by atoms with Gasteiger partial charge in [-0.3, -0.25) is 4.79 Å². The zero-order valence-corrected chi connectivity index (χ0v) is 12.2. The van der Waals surface area contributed by atoms with Crippen molar-refractivity contribution in [3.8, 4) is 0 Å². The Hall–Kier alpha value is -1.80.